The minimum Gasteiger partial charge on any atom is -0.497 e. The molecule has 0 radical (unpaired) electrons. The quantitative estimate of drug-likeness (QED) is 0.146. The lowest BCUT2D eigenvalue weighted by molar-refractivity contribution is -0.385. The van der Waals surface area contributed by atoms with E-state index in [1.165, 1.54) is 62.8 Å². The molecule has 4 fully saturated rings. The molecular formula is C36H28N6O10. The first kappa shape index (κ1) is 32.7. The number of carbonyl (C=O) groups excluding carboxylic acids is 4. The molecule has 4 heterocycles. The van der Waals surface area contributed by atoms with E-state index < -0.39 is 69.5 Å². The van der Waals surface area contributed by atoms with Crippen molar-refractivity contribution in [1.29, 1.82) is 0 Å². The summed E-state index contributed by atoms with van der Waals surface area (Å²) in [6.45, 7) is 0. The Kier molecular flexibility index (Phi) is 7.58. The summed E-state index contributed by atoms with van der Waals surface area (Å²) in [6, 6.07) is 19.3. The molecule has 4 amide bonds. The van der Waals surface area contributed by atoms with Crippen molar-refractivity contribution in [1.82, 2.24) is 10.0 Å². The van der Waals surface area contributed by atoms with E-state index in [4.69, 9.17) is 9.47 Å². The van der Waals surface area contributed by atoms with Gasteiger partial charge < -0.3 is 9.47 Å². The van der Waals surface area contributed by atoms with Crippen LogP contribution in [0.15, 0.2) is 97.1 Å². The molecule has 262 valence electrons. The molecule has 4 aromatic rings. The zero-order valence-corrected chi connectivity index (χ0v) is 27.5. The van der Waals surface area contributed by atoms with Crippen molar-refractivity contribution in [3.05, 3.63) is 128 Å². The van der Waals surface area contributed by atoms with E-state index in [1.807, 2.05) is 0 Å². The maximum Gasteiger partial charge on any atom is 0.269 e. The molecule has 16 heteroatoms. The van der Waals surface area contributed by atoms with Gasteiger partial charge in [-0.1, -0.05) is 24.3 Å². The van der Waals surface area contributed by atoms with Crippen LogP contribution in [0, 0.1) is 32.1 Å². The first-order chi connectivity index (χ1) is 25.0. The third-order valence-electron chi connectivity index (χ3n) is 10.3. The molecule has 52 heavy (non-hydrogen) atoms. The number of hydrogen-bond acceptors (Lipinski definition) is 12. The molecule has 0 aromatic heterocycles. The molecule has 4 aliphatic rings. The summed E-state index contributed by atoms with van der Waals surface area (Å²) in [7, 11) is 2.96. The number of carbonyl (C=O) groups is 4. The van der Waals surface area contributed by atoms with Crippen molar-refractivity contribution >= 4 is 46.4 Å². The van der Waals surface area contributed by atoms with Crippen LogP contribution in [0.1, 0.15) is 23.2 Å². The predicted octanol–water partition coefficient (Wildman–Crippen LogP) is 3.97. The largest absolute Gasteiger partial charge is 0.497 e. The van der Waals surface area contributed by atoms with Crippen LogP contribution in [0.3, 0.4) is 0 Å². The number of hydrogen-bond donors (Lipinski definition) is 0. The molecule has 6 atom stereocenters. The summed E-state index contributed by atoms with van der Waals surface area (Å²) in [6.07, 6.45) is 0. The Morgan fingerprint density at radius 3 is 1.10 bits per heavy atom. The van der Waals surface area contributed by atoms with Gasteiger partial charge in [0.15, 0.2) is 0 Å². The monoisotopic (exact) mass is 704 g/mol. The lowest BCUT2D eigenvalue weighted by atomic mass is 9.84. The van der Waals surface area contributed by atoms with Crippen LogP contribution in [-0.4, -0.2) is 69.8 Å². The van der Waals surface area contributed by atoms with Gasteiger partial charge in [0.05, 0.1) is 59.4 Å². The highest BCUT2D eigenvalue weighted by Gasteiger charge is 2.73. The molecule has 0 saturated carbocycles. The van der Waals surface area contributed by atoms with Gasteiger partial charge in [0.2, 0.25) is 11.8 Å². The molecule has 0 aliphatic carbocycles. The summed E-state index contributed by atoms with van der Waals surface area (Å²) in [5.41, 5.74) is 0.972. The normalized spacial score (nSPS) is 25.3. The van der Waals surface area contributed by atoms with E-state index in [2.05, 4.69) is 0 Å². The number of benzene rings is 4. The number of nitro benzene ring substituents is 2. The van der Waals surface area contributed by atoms with Gasteiger partial charge >= 0.3 is 0 Å². The highest BCUT2D eigenvalue weighted by atomic mass is 16.6. The molecule has 6 unspecified atom stereocenters. The summed E-state index contributed by atoms with van der Waals surface area (Å²) in [5, 5.41) is 26.4. The SMILES string of the molecule is COc1ccc(N2C(=O)C3C(C2=O)N2C(c4ccc([N+](=O)[O-])cc4)C4C(=O)N(c5ccc(OC)cc5)C(=O)C4N2C3c2ccc([N+](=O)[O-])cc2)cc1. The fraction of sp³-hybridized carbons (Fsp3) is 0.222. The topological polar surface area (TPSA) is 186 Å². The number of nitro groups is 2. The van der Waals surface area contributed by atoms with Crippen LogP contribution in [0.25, 0.3) is 0 Å². The Morgan fingerprint density at radius 1 is 0.481 bits per heavy atom. The zero-order chi connectivity index (χ0) is 36.6. The molecule has 0 bridgehead atoms. The molecule has 16 nitrogen and oxygen atoms in total. The lowest BCUT2D eigenvalue weighted by Crippen LogP contribution is -2.50. The number of rotatable bonds is 8. The highest BCUT2D eigenvalue weighted by molar-refractivity contribution is 6.26. The van der Waals surface area contributed by atoms with Crippen LogP contribution in [0.2, 0.25) is 0 Å². The minimum absolute atomic E-state index is 0.204. The number of nitrogens with zero attached hydrogens (tertiary/aromatic N) is 6. The summed E-state index contributed by atoms with van der Waals surface area (Å²) in [5.74, 6) is -3.57. The van der Waals surface area contributed by atoms with Crippen LogP contribution < -0.4 is 19.3 Å². The number of amides is 4. The first-order valence-corrected chi connectivity index (χ1v) is 16.1. The predicted molar refractivity (Wildman–Crippen MR) is 181 cm³/mol. The van der Waals surface area contributed by atoms with E-state index >= 15 is 0 Å². The van der Waals surface area contributed by atoms with E-state index in [-0.39, 0.29) is 22.7 Å². The Hall–Kier alpha value is -6.52. The standard InChI is InChI=1S/C36H28N6O10/c1-51-25-15-11-21(12-16-25)37-33(43)27-29(19-3-7-23(8-4-19)41(47)48)40-32-28(34(44)38(36(32)46)22-13-17-26(52-2)18-14-22)30(39(40)31(27)35(37)45)20-5-9-24(10-6-20)42(49)50/h3-18,27-32H,1-2H3. The fourth-order valence-electron chi connectivity index (χ4n) is 8.06. The zero-order valence-electron chi connectivity index (χ0n) is 27.5. The first-order valence-electron chi connectivity index (χ1n) is 16.1. The average molecular weight is 705 g/mol. The summed E-state index contributed by atoms with van der Waals surface area (Å²) >= 11 is 0. The second-order valence-corrected chi connectivity index (χ2v) is 12.7. The van der Waals surface area contributed by atoms with Crippen LogP contribution >= 0.6 is 0 Å². The molecule has 8 rings (SSSR count). The van der Waals surface area contributed by atoms with Gasteiger partial charge in [-0.3, -0.25) is 39.4 Å². The van der Waals surface area contributed by atoms with E-state index in [1.54, 1.807) is 58.5 Å². The summed E-state index contributed by atoms with van der Waals surface area (Å²) < 4.78 is 10.5. The Balaban J connectivity index is 1.31. The molecule has 0 N–H and O–H groups in total. The van der Waals surface area contributed by atoms with Crippen molar-refractivity contribution in [2.75, 3.05) is 24.0 Å². The molecule has 0 spiro atoms. The van der Waals surface area contributed by atoms with E-state index in [9.17, 15) is 39.4 Å². The third-order valence-corrected chi connectivity index (χ3v) is 10.3. The maximum absolute atomic E-state index is 14.6. The number of methoxy groups -OCH3 is 2. The molecule has 4 aromatic carbocycles. The van der Waals surface area contributed by atoms with Gasteiger partial charge in [0.25, 0.3) is 23.2 Å². The van der Waals surface area contributed by atoms with Crippen molar-refractivity contribution in [2.45, 2.75) is 24.2 Å². The van der Waals surface area contributed by atoms with E-state index in [0.717, 1.165) is 9.80 Å². The van der Waals surface area contributed by atoms with Crippen molar-refractivity contribution in [3.8, 4) is 11.5 Å². The maximum atomic E-state index is 14.6. The Labute approximate surface area is 294 Å². The lowest BCUT2D eigenvalue weighted by Gasteiger charge is -2.35. The fourth-order valence-corrected chi connectivity index (χ4v) is 8.06. The number of hydrazine groups is 1. The van der Waals surface area contributed by atoms with Gasteiger partial charge in [-0.25, -0.2) is 19.8 Å². The van der Waals surface area contributed by atoms with Gasteiger partial charge in [-0.05, 0) is 59.7 Å². The van der Waals surface area contributed by atoms with Crippen molar-refractivity contribution in [3.63, 3.8) is 0 Å². The van der Waals surface area contributed by atoms with Gasteiger partial charge in [0.1, 0.15) is 23.6 Å². The molecule has 4 saturated heterocycles. The van der Waals surface area contributed by atoms with Gasteiger partial charge in [-0.15, -0.1) is 0 Å². The molecule has 4 aliphatic heterocycles. The van der Waals surface area contributed by atoms with Crippen LogP contribution in [-0.2, 0) is 19.2 Å². The highest BCUT2D eigenvalue weighted by Crippen LogP contribution is 2.60. The average Bonchev–Trinajstić information content (AvgIpc) is 3.83. The third kappa shape index (κ3) is 4.68. The van der Waals surface area contributed by atoms with Gasteiger partial charge in [0, 0.05) is 24.3 Å². The minimum atomic E-state index is -1.21. The second kappa shape index (κ2) is 12.1. The number of fused-ring (bicyclic) bond motifs is 5. The molecular weight excluding hydrogens is 676 g/mol. The second-order valence-electron chi connectivity index (χ2n) is 12.7. The Morgan fingerprint density at radius 2 is 0.808 bits per heavy atom. The number of imide groups is 2. The summed E-state index contributed by atoms with van der Waals surface area (Å²) in [4.78, 5) is 82.5. The van der Waals surface area contributed by atoms with Crippen LogP contribution in [0.4, 0.5) is 22.7 Å². The number of ether oxygens (including phenoxy) is 2. The van der Waals surface area contributed by atoms with Gasteiger partial charge in [-0.2, -0.15) is 0 Å². The van der Waals surface area contributed by atoms with Crippen LogP contribution in [0.5, 0.6) is 11.5 Å². The number of non-ortho nitro benzene ring substituents is 2. The van der Waals surface area contributed by atoms with E-state index in [0.29, 0.717) is 22.6 Å². The van der Waals surface area contributed by atoms with Crippen molar-refractivity contribution < 1.29 is 38.5 Å². The number of anilines is 2. The Bertz CT molecular complexity index is 2000. The van der Waals surface area contributed by atoms with Crippen molar-refractivity contribution in [2.24, 2.45) is 11.8 Å². The smallest absolute Gasteiger partial charge is 0.269 e.